The number of halogens is 2. The molecule has 0 N–H and O–H groups in total. The smallest absolute Gasteiger partial charge is 0.206 e. The molecule has 0 radical (unpaired) electrons. The molecule has 2 rings (SSSR count). The van der Waals surface area contributed by atoms with Crippen molar-refractivity contribution in [3.63, 3.8) is 0 Å². The highest BCUT2D eigenvalue weighted by Gasteiger charge is 2.06. The highest BCUT2D eigenvalue weighted by molar-refractivity contribution is 9.13. The highest BCUT2D eigenvalue weighted by Crippen LogP contribution is 2.32. The molecule has 0 aliphatic carbocycles. The van der Waals surface area contributed by atoms with E-state index in [4.69, 9.17) is 0 Å². The monoisotopic (exact) mass is 374 g/mol. The number of rotatable bonds is 3. The molecule has 0 aromatic carbocycles. The lowest BCUT2D eigenvalue weighted by Gasteiger charge is -1.87. The zero-order valence-electron chi connectivity index (χ0n) is 8.85. The normalized spacial score (nSPS) is 11.2. The molecule has 17 heavy (non-hydrogen) atoms. The molecule has 2 heterocycles. The topological polar surface area (TPSA) is 34.9 Å². The molecule has 0 spiro atoms. The van der Waals surface area contributed by atoms with Crippen LogP contribution in [0.2, 0.25) is 0 Å². The molecule has 0 saturated carbocycles. The first kappa shape index (κ1) is 12.7. The first-order chi connectivity index (χ1) is 8.06. The summed E-state index contributed by atoms with van der Waals surface area (Å²) in [5, 5.41) is 4.05. The Hall–Kier alpha value is -0.720. The number of aryl methyl sites for hydroxylation is 1. The van der Waals surface area contributed by atoms with Gasteiger partial charge in [0, 0.05) is 22.6 Å². The van der Waals surface area contributed by atoms with Gasteiger partial charge in [0.2, 0.25) is 5.78 Å². The lowest BCUT2D eigenvalue weighted by atomic mass is 10.2. The Kier molecular flexibility index (Phi) is 3.96. The number of aromatic nitrogens is 2. The summed E-state index contributed by atoms with van der Waals surface area (Å²) >= 11 is 8.37. The van der Waals surface area contributed by atoms with Crippen LogP contribution in [0.4, 0.5) is 0 Å². The number of thiophene rings is 1. The predicted octanol–water partition coefficient (Wildman–Crippen LogP) is 3.90. The second kappa shape index (κ2) is 5.29. The number of hydrogen-bond acceptors (Lipinski definition) is 3. The van der Waals surface area contributed by atoms with Gasteiger partial charge >= 0.3 is 0 Å². The van der Waals surface area contributed by atoms with Crippen molar-refractivity contribution < 1.29 is 4.79 Å². The number of carbonyl (C=O) groups excluding carboxylic acids is 1. The van der Waals surface area contributed by atoms with E-state index in [1.807, 2.05) is 6.07 Å². The molecular weight excluding hydrogens is 368 g/mol. The summed E-state index contributed by atoms with van der Waals surface area (Å²) in [6.45, 7) is 0. The summed E-state index contributed by atoms with van der Waals surface area (Å²) in [7, 11) is 1.79. The Labute approximate surface area is 119 Å². The van der Waals surface area contributed by atoms with Crippen LogP contribution in [0.25, 0.3) is 6.08 Å². The standard InChI is InChI=1S/C11H8Br2N2OS/c1-15-5-4-9(14-15)10(16)3-2-7-6-8(12)11(13)17-7/h2-6H,1H3/b3-2+. The summed E-state index contributed by atoms with van der Waals surface area (Å²) in [6.07, 6.45) is 5.07. The van der Waals surface area contributed by atoms with Gasteiger partial charge in [0.1, 0.15) is 5.69 Å². The Morgan fingerprint density at radius 2 is 2.29 bits per heavy atom. The lowest BCUT2D eigenvalue weighted by molar-refractivity contribution is 0.104. The quantitative estimate of drug-likeness (QED) is 0.602. The first-order valence-electron chi connectivity index (χ1n) is 4.73. The zero-order valence-corrected chi connectivity index (χ0v) is 12.8. The van der Waals surface area contributed by atoms with E-state index in [1.54, 1.807) is 41.4 Å². The average Bonchev–Trinajstić information content (AvgIpc) is 2.83. The van der Waals surface area contributed by atoms with Crippen LogP contribution >= 0.6 is 43.2 Å². The van der Waals surface area contributed by atoms with Gasteiger partial charge in [-0.25, -0.2) is 0 Å². The number of ketones is 1. The molecule has 3 nitrogen and oxygen atoms in total. The van der Waals surface area contributed by atoms with Gasteiger partial charge in [-0.05, 0) is 56.1 Å². The van der Waals surface area contributed by atoms with E-state index in [9.17, 15) is 4.79 Å². The van der Waals surface area contributed by atoms with Crippen LogP contribution in [0.5, 0.6) is 0 Å². The van der Waals surface area contributed by atoms with Gasteiger partial charge in [0.25, 0.3) is 0 Å². The summed E-state index contributed by atoms with van der Waals surface area (Å²) in [4.78, 5) is 12.7. The summed E-state index contributed by atoms with van der Waals surface area (Å²) in [5.41, 5.74) is 0.457. The molecule has 0 amide bonds. The molecule has 0 aliphatic heterocycles. The fraction of sp³-hybridized carbons (Fsp3) is 0.0909. The van der Waals surface area contributed by atoms with Gasteiger partial charge in [0.15, 0.2) is 0 Å². The minimum Gasteiger partial charge on any atom is -0.287 e. The molecule has 2 aromatic heterocycles. The van der Waals surface area contributed by atoms with Crippen molar-refractivity contribution >= 4 is 55.1 Å². The minimum absolute atomic E-state index is 0.0914. The van der Waals surface area contributed by atoms with Crippen LogP contribution in [0.3, 0.4) is 0 Å². The molecule has 0 saturated heterocycles. The van der Waals surface area contributed by atoms with Gasteiger partial charge in [0.05, 0.1) is 3.79 Å². The highest BCUT2D eigenvalue weighted by atomic mass is 79.9. The molecule has 0 fully saturated rings. The third-order valence-corrected chi connectivity index (χ3v) is 5.25. The largest absolute Gasteiger partial charge is 0.287 e. The van der Waals surface area contributed by atoms with E-state index >= 15 is 0 Å². The van der Waals surface area contributed by atoms with E-state index in [1.165, 1.54) is 6.08 Å². The molecule has 0 bridgehead atoms. The van der Waals surface area contributed by atoms with E-state index in [-0.39, 0.29) is 5.78 Å². The van der Waals surface area contributed by atoms with Gasteiger partial charge < -0.3 is 0 Å². The summed E-state index contributed by atoms with van der Waals surface area (Å²) < 4.78 is 3.62. The molecule has 0 unspecified atom stereocenters. The first-order valence-corrected chi connectivity index (χ1v) is 7.13. The van der Waals surface area contributed by atoms with Crippen molar-refractivity contribution in [2.24, 2.45) is 7.05 Å². The number of hydrogen-bond donors (Lipinski definition) is 0. The summed E-state index contributed by atoms with van der Waals surface area (Å²) in [5.74, 6) is -0.0914. The number of carbonyl (C=O) groups is 1. The molecule has 0 atom stereocenters. The summed E-state index contributed by atoms with van der Waals surface area (Å²) in [6, 6.07) is 3.66. The Balaban J connectivity index is 2.13. The second-order valence-corrected chi connectivity index (χ2v) is 6.60. The van der Waals surface area contributed by atoms with Crippen molar-refractivity contribution in [1.82, 2.24) is 9.78 Å². The van der Waals surface area contributed by atoms with E-state index in [0.29, 0.717) is 5.69 Å². The minimum atomic E-state index is -0.0914. The Morgan fingerprint density at radius 1 is 1.53 bits per heavy atom. The maximum atomic E-state index is 11.7. The van der Waals surface area contributed by atoms with Crippen molar-refractivity contribution in [1.29, 1.82) is 0 Å². The van der Waals surface area contributed by atoms with Gasteiger partial charge in [-0.3, -0.25) is 9.48 Å². The molecular formula is C11H8Br2N2OS. The maximum Gasteiger partial charge on any atom is 0.206 e. The Morgan fingerprint density at radius 3 is 2.82 bits per heavy atom. The van der Waals surface area contributed by atoms with E-state index in [0.717, 1.165) is 13.1 Å². The fourth-order valence-corrected chi connectivity index (χ4v) is 3.23. The average molecular weight is 376 g/mol. The van der Waals surface area contributed by atoms with Crippen LogP contribution in [-0.4, -0.2) is 15.6 Å². The van der Waals surface area contributed by atoms with Crippen LogP contribution in [0.1, 0.15) is 15.4 Å². The fourth-order valence-electron chi connectivity index (χ4n) is 1.24. The van der Waals surface area contributed by atoms with Crippen LogP contribution < -0.4 is 0 Å². The van der Waals surface area contributed by atoms with Gasteiger partial charge in [-0.2, -0.15) is 5.10 Å². The molecule has 2 aromatic rings. The molecule has 88 valence electrons. The number of allylic oxidation sites excluding steroid dienone is 1. The third-order valence-electron chi connectivity index (χ3n) is 2.03. The van der Waals surface area contributed by atoms with E-state index < -0.39 is 0 Å². The zero-order chi connectivity index (χ0) is 12.4. The SMILES string of the molecule is Cn1ccc(C(=O)/C=C/c2cc(Br)c(Br)s2)n1. The maximum absolute atomic E-state index is 11.7. The number of nitrogens with zero attached hydrogens (tertiary/aromatic N) is 2. The van der Waals surface area contributed by atoms with Crippen molar-refractivity contribution in [3.05, 3.63) is 43.2 Å². The van der Waals surface area contributed by atoms with Crippen molar-refractivity contribution in [2.45, 2.75) is 0 Å². The van der Waals surface area contributed by atoms with Crippen LogP contribution in [0.15, 0.2) is 32.7 Å². The molecule has 0 aliphatic rings. The van der Waals surface area contributed by atoms with Crippen LogP contribution in [0, 0.1) is 0 Å². The lowest BCUT2D eigenvalue weighted by Crippen LogP contribution is -1.97. The van der Waals surface area contributed by atoms with E-state index in [2.05, 4.69) is 37.0 Å². The third kappa shape index (κ3) is 3.14. The van der Waals surface area contributed by atoms with Crippen LogP contribution in [-0.2, 0) is 7.05 Å². The molecule has 6 heteroatoms. The van der Waals surface area contributed by atoms with Crippen molar-refractivity contribution in [2.75, 3.05) is 0 Å². The van der Waals surface area contributed by atoms with Crippen molar-refractivity contribution in [3.8, 4) is 0 Å². The second-order valence-electron chi connectivity index (χ2n) is 3.34. The van der Waals surface area contributed by atoms with Gasteiger partial charge in [-0.15, -0.1) is 11.3 Å². The Bertz CT molecular complexity index is 567. The predicted molar refractivity (Wildman–Crippen MR) is 76.3 cm³/mol. The van der Waals surface area contributed by atoms with Gasteiger partial charge in [-0.1, -0.05) is 0 Å².